The van der Waals surface area contributed by atoms with Gasteiger partial charge in [0.25, 0.3) is 5.91 Å². The molecule has 1 amide bonds. The molecule has 5 nitrogen and oxygen atoms in total. The molecule has 0 bridgehead atoms. The van der Waals surface area contributed by atoms with Crippen molar-refractivity contribution in [1.29, 1.82) is 0 Å². The molecule has 3 rings (SSSR count). The largest absolute Gasteiger partial charge is 0.330 e. The molecule has 0 spiro atoms. The van der Waals surface area contributed by atoms with Crippen molar-refractivity contribution in [2.24, 2.45) is 4.99 Å². The molecule has 0 fully saturated rings. The molecule has 2 atom stereocenters. The van der Waals surface area contributed by atoms with Gasteiger partial charge in [-0.05, 0) is 24.0 Å². The highest BCUT2D eigenvalue weighted by Gasteiger charge is 2.32. The molecule has 1 aromatic carbocycles. The third-order valence-electron chi connectivity index (χ3n) is 4.58. The molecule has 130 valence electrons. The molecule has 1 aliphatic rings. The maximum Gasteiger partial charge on any atom is 0.274 e. The normalized spacial score (nSPS) is 19.9. The van der Waals surface area contributed by atoms with Gasteiger partial charge in [-0.15, -0.1) is 11.6 Å². The average molecular weight is 357 g/mol. The van der Waals surface area contributed by atoms with E-state index in [1.165, 1.54) is 22.0 Å². The SMILES string of the molecule is C=Cn1nc(C(=O)N2CC(C)c3ccccc3C2C)cc1N=CCCl. The number of carbonyl (C=O) groups excluding carboxylic acids is 1. The van der Waals surface area contributed by atoms with E-state index in [0.29, 0.717) is 23.9 Å². The number of rotatable bonds is 4. The third kappa shape index (κ3) is 3.24. The first-order chi connectivity index (χ1) is 12.1. The van der Waals surface area contributed by atoms with Gasteiger partial charge < -0.3 is 4.90 Å². The van der Waals surface area contributed by atoms with Crippen molar-refractivity contribution in [1.82, 2.24) is 14.7 Å². The first-order valence-corrected chi connectivity index (χ1v) is 8.80. The predicted octanol–water partition coefficient (Wildman–Crippen LogP) is 4.25. The van der Waals surface area contributed by atoms with Crippen LogP contribution in [0, 0.1) is 0 Å². The molecule has 0 aliphatic carbocycles. The molecule has 1 aromatic heterocycles. The lowest BCUT2D eigenvalue weighted by Crippen LogP contribution is -2.40. The molecule has 6 heteroatoms. The number of nitrogens with zero attached hydrogens (tertiary/aromatic N) is 4. The maximum absolute atomic E-state index is 13.1. The van der Waals surface area contributed by atoms with E-state index in [2.05, 4.69) is 42.7 Å². The van der Waals surface area contributed by atoms with Crippen molar-refractivity contribution in [2.45, 2.75) is 25.8 Å². The molecule has 0 radical (unpaired) electrons. The van der Waals surface area contributed by atoms with Gasteiger partial charge in [0.05, 0.1) is 11.9 Å². The van der Waals surface area contributed by atoms with Gasteiger partial charge >= 0.3 is 0 Å². The Balaban J connectivity index is 1.93. The fourth-order valence-corrected chi connectivity index (χ4v) is 3.38. The van der Waals surface area contributed by atoms with Gasteiger partial charge in [0.1, 0.15) is 0 Å². The molecule has 1 aliphatic heterocycles. The van der Waals surface area contributed by atoms with Crippen LogP contribution in [0.4, 0.5) is 5.82 Å². The number of halogens is 1. The number of fused-ring (bicyclic) bond motifs is 1. The zero-order chi connectivity index (χ0) is 18.0. The van der Waals surface area contributed by atoms with Gasteiger partial charge in [0.15, 0.2) is 11.5 Å². The summed E-state index contributed by atoms with van der Waals surface area (Å²) in [6.07, 6.45) is 3.09. The Hall–Kier alpha value is -2.40. The number of hydrogen-bond donors (Lipinski definition) is 0. The van der Waals surface area contributed by atoms with E-state index in [1.54, 1.807) is 12.3 Å². The number of alkyl halides is 1. The van der Waals surface area contributed by atoms with E-state index in [9.17, 15) is 4.79 Å². The number of aromatic nitrogens is 2. The summed E-state index contributed by atoms with van der Waals surface area (Å²) in [4.78, 5) is 19.1. The lowest BCUT2D eigenvalue weighted by atomic mass is 9.86. The van der Waals surface area contributed by atoms with Crippen LogP contribution in [0.1, 0.15) is 47.4 Å². The highest BCUT2D eigenvalue weighted by molar-refractivity contribution is 6.24. The number of amides is 1. The van der Waals surface area contributed by atoms with Crippen molar-refractivity contribution in [3.8, 4) is 0 Å². The second kappa shape index (κ2) is 7.23. The molecule has 25 heavy (non-hydrogen) atoms. The quantitative estimate of drug-likeness (QED) is 0.607. The summed E-state index contributed by atoms with van der Waals surface area (Å²) in [5, 5.41) is 4.32. The van der Waals surface area contributed by atoms with Gasteiger partial charge in [-0.2, -0.15) is 5.10 Å². The minimum Gasteiger partial charge on any atom is -0.330 e. The summed E-state index contributed by atoms with van der Waals surface area (Å²) in [7, 11) is 0. The van der Waals surface area contributed by atoms with Crippen LogP contribution in [0.5, 0.6) is 0 Å². The average Bonchev–Trinajstić information content (AvgIpc) is 3.05. The Bertz CT molecular complexity index is 827. The summed E-state index contributed by atoms with van der Waals surface area (Å²) in [6.45, 7) is 8.57. The molecule has 0 N–H and O–H groups in total. The van der Waals surface area contributed by atoms with Crippen molar-refractivity contribution in [3.05, 3.63) is 53.7 Å². The Morgan fingerprint density at radius 1 is 1.40 bits per heavy atom. The zero-order valence-electron chi connectivity index (χ0n) is 14.4. The van der Waals surface area contributed by atoms with E-state index in [-0.39, 0.29) is 17.9 Å². The molecule has 0 saturated carbocycles. The minimum atomic E-state index is -0.100. The van der Waals surface area contributed by atoms with Gasteiger partial charge in [0.2, 0.25) is 0 Å². The van der Waals surface area contributed by atoms with E-state index in [1.807, 2.05) is 17.0 Å². The van der Waals surface area contributed by atoms with Crippen LogP contribution >= 0.6 is 11.6 Å². The number of benzene rings is 1. The maximum atomic E-state index is 13.1. The Labute approximate surface area is 152 Å². The van der Waals surface area contributed by atoms with Crippen LogP contribution in [0.2, 0.25) is 0 Å². The summed E-state index contributed by atoms with van der Waals surface area (Å²) in [5.41, 5.74) is 2.86. The Morgan fingerprint density at radius 2 is 2.12 bits per heavy atom. The van der Waals surface area contributed by atoms with Crippen molar-refractivity contribution in [2.75, 3.05) is 12.4 Å². The topological polar surface area (TPSA) is 50.5 Å². The molecular formula is C19H21ClN4O. The van der Waals surface area contributed by atoms with Crippen molar-refractivity contribution < 1.29 is 4.79 Å². The molecule has 2 heterocycles. The lowest BCUT2D eigenvalue weighted by molar-refractivity contribution is 0.0653. The van der Waals surface area contributed by atoms with E-state index in [0.717, 1.165) is 0 Å². The Morgan fingerprint density at radius 3 is 2.80 bits per heavy atom. The monoisotopic (exact) mass is 356 g/mol. The molecular weight excluding hydrogens is 336 g/mol. The van der Waals surface area contributed by atoms with Gasteiger partial charge in [-0.3, -0.25) is 4.79 Å². The van der Waals surface area contributed by atoms with Crippen LogP contribution in [-0.4, -0.2) is 39.2 Å². The summed E-state index contributed by atoms with van der Waals surface area (Å²) in [6, 6.07) is 9.97. The fraction of sp³-hybridized carbons (Fsp3) is 0.316. The second-order valence-electron chi connectivity index (χ2n) is 6.14. The van der Waals surface area contributed by atoms with Crippen LogP contribution in [0.15, 0.2) is 41.9 Å². The van der Waals surface area contributed by atoms with Gasteiger partial charge in [0, 0.05) is 25.0 Å². The van der Waals surface area contributed by atoms with E-state index in [4.69, 9.17) is 11.6 Å². The number of aliphatic imine (C=N–C) groups is 1. The summed E-state index contributed by atoms with van der Waals surface area (Å²) >= 11 is 5.64. The van der Waals surface area contributed by atoms with Crippen LogP contribution in [0.3, 0.4) is 0 Å². The highest BCUT2D eigenvalue weighted by Crippen LogP contribution is 2.36. The first kappa shape index (κ1) is 17.4. The van der Waals surface area contributed by atoms with Crippen LogP contribution in [-0.2, 0) is 0 Å². The van der Waals surface area contributed by atoms with Crippen LogP contribution in [0.25, 0.3) is 6.20 Å². The minimum absolute atomic E-state index is 0.00331. The van der Waals surface area contributed by atoms with Gasteiger partial charge in [-0.25, -0.2) is 9.67 Å². The lowest BCUT2D eigenvalue weighted by Gasteiger charge is -2.38. The van der Waals surface area contributed by atoms with Crippen molar-refractivity contribution >= 4 is 35.7 Å². The third-order valence-corrected chi connectivity index (χ3v) is 4.71. The summed E-state index contributed by atoms with van der Waals surface area (Å²) < 4.78 is 1.49. The predicted molar refractivity (Wildman–Crippen MR) is 102 cm³/mol. The standard InChI is InChI=1S/C19H21ClN4O/c1-4-24-18(21-10-9-20)11-17(22-24)19(25)23-12-13(2)15-7-5-6-8-16(15)14(23)3/h4-8,10-11,13-14H,1,9,12H2,2-3H3. The number of carbonyl (C=O) groups is 1. The van der Waals surface area contributed by atoms with Gasteiger partial charge in [-0.1, -0.05) is 37.8 Å². The molecule has 2 unspecified atom stereocenters. The van der Waals surface area contributed by atoms with E-state index < -0.39 is 0 Å². The number of hydrogen-bond acceptors (Lipinski definition) is 3. The second-order valence-corrected chi connectivity index (χ2v) is 6.45. The smallest absolute Gasteiger partial charge is 0.274 e. The Kier molecular flexibility index (Phi) is 5.04. The highest BCUT2D eigenvalue weighted by atomic mass is 35.5. The summed E-state index contributed by atoms with van der Waals surface area (Å²) in [5.74, 6) is 1.02. The first-order valence-electron chi connectivity index (χ1n) is 8.27. The fourth-order valence-electron chi connectivity index (χ4n) is 3.31. The van der Waals surface area contributed by atoms with Crippen molar-refractivity contribution in [3.63, 3.8) is 0 Å². The van der Waals surface area contributed by atoms with E-state index >= 15 is 0 Å². The molecule has 0 saturated heterocycles. The molecule has 2 aromatic rings. The zero-order valence-corrected chi connectivity index (χ0v) is 15.1. The van der Waals surface area contributed by atoms with Crippen LogP contribution < -0.4 is 0 Å².